The van der Waals surface area contributed by atoms with Gasteiger partial charge in [-0.3, -0.25) is 4.79 Å². The molecule has 0 aromatic heterocycles. The van der Waals surface area contributed by atoms with E-state index < -0.39 is 0 Å². The third-order valence-electron chi connectivity index (χ3n) is 5.25. The molecule has 1 saturated heterocycles. The largest absolute Gasteiger partial charge is 0.490 e. The zero-order chi connectivity index (χ0) is 19.9. The summed E-state index contributed by atoms with van der Waals surface area (Å²) in [5.74, 6) is 1.39. The van der Waals surface area contributed by atoms with Crippen molar-refractivity contribution in [1.82, 2.24) is 5.32 Å². The molecule has 0 saturated carbocycles. The van der Waals surface area contributed by atoms with E-state index in [9.17, 15) is 4.79 Å². The highest BCUT2D eigenvalue weighted by Crippen LogP contribution is 2.25. The number of ether oxygens (including phenoxy) is 1. The number of amides is 1. The molecule has 1 aliphatic rings. The molecule has 4 nitrogen and oxygen atoms in total. The van der Waals surface area contributed by atoms with Gasteiger partial charge in [0, 0.05) is 24.3 Å². The van der Waals surface area contributed by atoms with Crippen molar-refractivity contribution in [3.63, 3.8) is 0 Å². The van der Waals surface area contributed by atoms with Gasteiger partial charge in [-0.2, -0.15) is 0 Å². The first-order valence-corrected chi connectivity index (χ1v) is 10.1. The van der Waals surface area contributed by atoms with E-state index in [1.807, 2.05) is 6.92 Å². The number of piperidine rings is 1. The summed E-state index contributed by atoms with van der Waals surface area (Å²) in [4.78, 5) is 15.0. The highest BCUT2D eigenvalue weighted by molar-refractivity contribution is 5.94. The summed E-state index contributed by atoms with van der Waals surface area (Å²) in [6.07, 6.45) is 4.27. The molecule has 28 heavy (non-hydrogen) atoms. The van der Waals surface area contributed by atoms with E-state index in [0.29, 0.717) is 12.2 Å². The molecule has 2 aromatic carbocycles. The molecule has 4 heteroatoms. The highest BCUT2D eigenvalue weighted by atomic mass is 16.5. The Morgan fingerprint density at radius 1 is 1.25 bits per heavy atom. The van der Waals surface area contributed by atoms with Gasteiger partial charge in [0.05, 0.1) is 6.04 Å². The fraction of sp³-hybridized carbons (Fsp3) is 0.375. The fourth-order valence-electron chi connectivity index (χ4n) is 3.62. The standard InChI is InChI=1S/C24H30N2O2/c1-4-16-28-23-13-9-21(10-14-23)24(27)25-19(3)20-7-11-22(12-8-20)26-15-5-6-18(2)17-26/h4,7-14,18-19H,1,5-6,15-17H2,2-3H3,(H,25,27). The number of rotatable bonds is 7. The Balaban J connectivity index is 1.58. The summed E-state index contributed by atoms with van der Waals surface area (Å²) in [6.45, 7) is 10.7. The molecule has 2 atom stereocenters. The van der Waals surface area contributed by atoms with Crippen LogP contribution in [0.4, 0.5) is 5.69 Å². The van der Waals surface area contributed by atoms with Crippen LogP contribution in [0, 0.1) is 5.92 Å². The van der Waals surface area contributed by atoms with E-state index >= 15 is 0 Å². The second-order valence-electron chi connectivity index (χ2n) is 7.60. The normalized spacial score (nSPS) is 17.6. The van der Waals surface area contributed by atoms with Gasteiger partial charge in [0.25, 0.3) is 5.91 Å². The molecule has 2 unspecified atom stereocenters. The van der Waals surface area contributed by atoms with Crippen molar-refractivity contribution in [1.29, 1.82) is 0 Å². The Morgan fingerprint density at radius 3 is 2.61 bits per heavy atom. The van der Waals surface area contributed by atoms with E-state index in [4.69, 9.17) is 4.74 Å². The Kier molecular flexibility index (Phi) is 6.75. The maximum Gasteiger partial charge on any atom is 0.251 e. The van der Waals surface area contributed by atoms with Gasteiger partial charge < -0.3 is 15.0 Å². The van der Waals surface area contributed by atoms with Crippen molar-refractivity contribution < 1.29 is 9.53 Å². The molecule has 1 heterocycles. The van der Waals surface area contributed by atoms with Crippen LogP contribution in [0.1, 0.15) is 48.7 Å². The second kappa shape index (κ2) is 9.45. The zero-order valence-corrected chi connectivity index (χ0v) is 16.9. The third kappa shape index (κ3) is 5.16. The molecule has 1 N–H and O–H groups in total. The van der Waals surface area contributed by atoms with E-state index in [2.05, 4.69) is 48.0 Å². The van der Waals surface area contributed by atoms with Crippen molar-refractivity contribution in [2.24, 2.45) is 5.92 Å². The number of carbonyl (C=O) groups is 1. The van der Waals surface area contributed by atoms with Crippen molar-refractivity contribution in [2.75, 3.05) is 24.6 Å². The minimum atomic E-state index is -0.0864. The molecule has 1 aliphatic heterocycles. The molecule has 0 spiro atoms. The van der Waals surface area contributed by atoms with Crippen LogP contribution in [0.5, 0.6) is 5.75 Å². The summed E-state index contributed by atoms with van der Waals surface area (Å²) in [6, 6.07) is 15.7. The van der Waals surface area contributed by atoms with Crippen molar-refractivity contribution in [2.45, 2.75) is 32.7 Å². The lowest BCUT2D eigenvalue weighted by Gasteiger charge is -2.33. The Labute approximate surface area is 168 Å². The van der Waals surface area contributed by atoms with Gasteiger partial charge in [-0.05, 0) is 67.6 Å². The van der Waals surface area contributed by atoms with Crippen LogP contribution >= 0.6 is 0 Å². The monoisotopic (exact) mass is 378 g/mol. The Bertz CT molecular complexity index is 783. The van der Waals surface area contributed by atoms with Crippen molar-refractivity contribution in [3.8, 4) is 5.75 Å². The number of carbonyl (C=O) groups excluding carboxylic acids is 1. The number of hydrogen-bond donors (Lipinski definition) is 1. The molecule has 1 amide bonds. The Hall–Kier alpha value is -2.75. The maximum absolute atomic E-state index is 12.5. The summed E-state index contributed by atoms with van der Waals surface area (Å²) in [5, 5.41) is 3.07. The van der Waals surface area contributed by atoms with Gasteiger partial charge in [-0.1, -0.05) is 31.7 Å². The molecular weight excluding hydrogens is 348 g/mol. The topological polar surface area (TPSA) is 41.6 Å². The first-order valence-electron chi connectivity index (χ1n) is 10.1. The second-order valence-corrected chi connectivity index (χ2v) is 7.60. The van der Waals surface area contributed by atoms with E-state index in [0.717, 1.165) is 30.3 Å². The van der Waals surface area contributed by atoms with Gasteiger partial charge >= 0.3 is 0 Å². The minimum Gasteiger partial charge on any atom is -0.490 e. The van der Waals surface area contributed by atoms with Crippen LogP contribution in [0.2, 0.25) is 0 Å². The molecule has 3 rings (SSSR count). The average molecular weight is 379 g/mol. The predicted octanol–water partition coefficient (Wildman–Crippen LogP) is 4.98. The van der Waals surface area contributed by atoms with E-state index in [1.165, 1.54) is 18.5 Å². The predicted molar refractivity (Wildman–Crippen MR) is 115 cm³/mol. The summed E-state index contributed by atoms with van der Waals surface area (Å²) in [7, 11) is 0. The third-order valence-corrected chi connectivity index (χ3v) is 5.25. The smallest absolute Gasteiger partial charge is 0.251 e. The van der Waals surface area contributed by atoms with Crippen LogP contribution < -0.4 is 15.0 Å². The molecule has 148 valence electrons. The van der Waals surface area contributed by atoms with Crippen LogP contribution in [0.25, 0.3) is 0 Å². The molecule has 1 fully saturated rings. The first kappa shape index (κ1) is 20.0. The highest BCUT2D eigenvalue weighted by Gasteiger charge is 2.17. The van der Waals surface area contributed by atoms with Crippen LogP contribution in [0.15, 0.2) is 61.2 Å². The molecular formula is C24H30N2O2. The Morgan fingerprint density at radius 2 is 1.96 bits per heavy atom. The number of hydrogen-bond acceptors (Lipinski definition) is 3. The van der Waals surface area contributed by atoms with Crippen LogP contribution in [-0.4, -0.2) is 25.6 Å². The van der Waals surface area contributed by atoms with Crippen molar-refractivity contribution in [3.05, 3.63) is 72.3 Å². The van der Waals surface area contributed by atoms with Gasteiger partial charge in [0.1, 0.15) is 12.4 Å². The van der Waals surface area contributed by atoms with Crippen molar-refractivity contribution >= 4 is 11.6 Å². The van der Waals surface area contributed by atoms with Crippen LogP contribution in [-0.2, 0) is 0 Å². The number of nitrogens with zero attached hydrogens (tertiary/aromatic N) is 1. The van der Waals surface area contributed by atoms with Gasteiger partial charge in [-0.25, -0.2) is 0 Å². The van der Waals surface area contributed by atoms with Gasteiger partial charge in [-0.15, -0.1) is 0 Å². The first-order chi connectivity index (χ1) is 13.6. The quantitative estimate of drug-likeness (QED) is 0.691. The molecule has 0 aliphatic carbocycles. The lowest BCUT2D eigenvalue weighted by molar-refractivity contribution is 0.0940. The number of nitrogens with one attached hydrogen (secondary N) is 1. The lowest BCUT2D eigenvalue weighted by atomic mass is 9.99. The summed E-state index contributed by atoms with van der Waals surface area (Å²) in [5.41, 5.74) is 2.99. The minimum absolute atomic E-state index is 0.0569. The number of anilines is 1. The maximum atomic E-state index is 12.5. The zero-order valence-electron chi connectivity index (χ0n) is 16.9. The molecule has 2 aromatic rings. The SMILES string of the molecule is C=CCOc1ccc(C(=O)NC(C)c2ccc(N3CCCC(C)C3)cc2)cc1. The van der Waals surface area contributed by atoms with Crippen LogP contribution in [0.3, 0.4) is 0 Å². The lowest BCUT2D eigenvalue weighted by Crippen LogP contribution is -2.34. The van der Waals surface area contributed by atoms with Gasteiger partial charge in [0.2, 0.25) is 0 Å². The van der Waals surface area contributed by atoms with E-state index in [-0.39, 0.29) is 11.9 Å². The molecule has 0 radical (unpaired) electrons. The number of benzene rings is 2. The van der Waals surface area contributed by atoms with E-state index in [1.54, 1.807) is 30.3 Å². The summed E-state index contributed by atoms with van der Waals surface area (Å²) < 4.78 is 5.45. The summed E-state index contributed by atoms with van der Waals surface area (Å²) >= 11 is 0. The average Bonchev–Trinajstić information content (AvgIpc) is 2.72. The fourth-order valence-corrected chi connectivity index (χ4v) is 3.62. The van der Waals surface area contributed by atoms with Gasteiger partial charge in [0.15, 0.2) is 0 Å². The molecule has 0 bridgehead atoms.